The van der Waals surface area contributed by atoms with Crippen molar-refractivity contribution in [3.8, 4) is 11.1 Å². The quantitative estimate of drug-likeness (QED) is 0.105. The number of aryl methyl sites for hydroxylation is 4. The molecule has 0 amide bonds. The van der Waals surface area contributed by atoms with Gasteiger partial charge < -0.3 is 0 Å². The van der Waals surface area contributed by atoms with Crippen molar-refractivity contribution in [2.75, 3.05) is 0 Å². The molecule has 12 aromatic rings. The number of fused-ring (bicyclic) bond motifs is 12. The molecule has 3 aliphatic carbocycles. The lowest BCUT2D eigenvalue weighted by molar-refractivity contribution is 0.942. The van der Waals surface area contributed by atoms with Crippen LogP contribution in [0.2, 0.25) is 0 Å². The highest BCUT2D eigenvalue weighted by molar-refractivity contribution is 6.07. The number of hydrogen-bond donors (Lipinski definition) is 0. The van der Waals surface area contributed by atoms with Crippen LogP contribution in [0.3, 0.4) is 0 Å². The molecular weight excluding hydrogens is 865 g/mol. The monoisotopic (exact) mass is 922 g/mol. The van der Waals surface area contributed by atoms with Gasteiger partial charge in [-0.3, -0.25) is 0 Å². The smallest absolute Gasteiger partial charge is 0.00139 e. The van der Waals surface area contributed by atoms with Crippen LogP contribution in [0.4, 0.5) is 0 Å². The lowest BCUT2D eigenvalue weighted by Crippen LogP contribution is -2.02. The molecule has 0 unspecified atom stereocenters. The van der Waals surface area contributed by atoms with E-state index in [2.05, 4.69) is 279 Å². The first-order valence-corrected chi connectivity index (χ1v) is 25.6. The molecule has 0 atom stereocenters. The first kappa shape index (κ1) is 45.8. The Kier molecular flexibility index (Phi) is 14.0. The summed E-state index contributed by atoms with van der Waals surface area (Å²) < 4.78 is 0. The third-order valence-electron chi connectivity index (χ3n) is 14.5. The zero-order valence-corrected chi connectivity index (χ0v) is 40.8. The summed E-state index contributed by atoms with van der Waals surface area (Å²) in [4.78, 5) is 0. The molecule has 72 heavy (non-hydrogen) atoms. The molecule has 0 heteroatoms. The molecule has 0 aromatic heterocycles. The van der Waals surface area contributed by atoms with Crippen molar-refractivity contribution in [2.45, 2.75) is 38.5 Å². The van der Waals surface area contributed by atoms with E-state index < -0.39 is 0 Å². The minimum atomic E-state index is 1.04. The number of hydrogen-bond acceptors (Lipinski definition) is 0. The lowest BCUT2D eigenvalue weighted by Gasteiger charge is -2.19. The van der Waals surface area contributed by atoms with Crippen molar-refractivity contribution < 1.29 is 0 Å². The second kappa shape index (κ2) is 22.0. The van der Waals surface area contributed by atoms with Crippen molar-refractivity contribution in [1.82, 2.24) is 0 Å². The van der Waals surface area contributed by atoms with Gasteiger partial charge in [0.25, 0.3) is 0 Å². The van der Waals surface area contributed by atoms with Crippen LogP contribution in [0.15, 0.2) is 267 Å². The average molecular weight is 923 g/mol. The summed E-state index contributed by atoms with van der Waals surface area (Å²) >= 11 is 0. The van der Waals surface area contributed by atoms with E-state index in [-0.39, 0.29) is 0 Å². The van der Waals surface area contributed by atoms with E-state index in [0.717, 1.165) is 12.8 Å². The molecule has 0 nitrogen and oxygen atoms in total. The van der Waals surface area contributed by atoms with E-state index >= 15 is 0 Å². The maximum absolute atomic E-state index is 2.27. The lowest BCUT2D eigenvalue weighted by atomic mass is 9.86. The van der Waals surface area contributed by atoms with E-state index in [4.69, 9.17) is 0 Å². The third-order valence-corrected chi connectivity index (χ3v) is 14.5. The highest BCUT2D eigenvalue weighted by atomic mass is 14.2. The summed E-state index contributed by atoms with van der Waals surface area (Å²) in [6.07, 6.45) is 11.3. The summed E-state index contributed by atoms with van der Waals surface area (Å²) in [5.74, 6) is 0. The van der Waals surface area contributed by atoms with Gasteiger partial charge in [-0.1, -0.05) is 267 Å². The van der Waals surface area contributed by atoms with Crippen molar-refractivity contribution in [3.63, 3.8) is 0 Å². The molecule has 0 heterocycles. The van der Waals surface area contributed by atoms with Gasteiger partial charge in [0.1, 0.15) is 0 Å². The maximum atomic E-state index is 2.27. The average Bonchev–Trinajstić information content (AvgIpc) is 3.77. The van der Waals surface area contributed by atoms with Crippen molar-refractivity contribution in [3.05, 3.63) is 323 Å². The molecule has 3 aliphatic rings. The zero-order valence-electron chi connectivity index (χ0n) is 40.8. The predicted octanol–water partition coefficient (Wildman–Crippen LogP) is 18.6. The number of benzene rings is 12. The molecule has 0 N–H and O–H groups in total. The molecule has 0 saturated heterocycles. The molecule has 0 fully saturated rings. The van der Waals surface area contributed by atoms with E-state index in [9.17, 15) is 0 Å². The molecule has 15 rings (SSSR count). The van der Waals surface area contributed by atoms with Crippen LogP contribution in [-0.2, 0) is 38.5 Å². The van der Waals surface area contributed by atoms with Crippen LogP contribution in [0.25, 0.3) is 66.4 Å². The first-order chi connectivity index (χ1) is 35.7. The summed E-state index contributed by atoms with van der Waals surface area (Å²) in [6, 6.07) is 95.1. The van der Waals surface area contributed by atoms with E-state index in [1.54, 1.807) is 0 Å². The Morgan fingerprint density at radius 1 is 0.194 bits per heavy atom. The summed E-state index contributed by atoms with van der Waals surface area (Å²) in [6.45, 7) is 0. The second-order valence-electron chi connectivity index (χ2n) is 19.0. The van der Waals surface area contributed by atoms with Gasteiger partial charge in [-0.25, -0.2) is 0 Å². The summed E-state index contributed by atoms with van der Waals surface area (Å²) in [5, 5.41) is 10.5. The fourth-order valence-electron chi connectivity index (χ4n) is 10.6. The fourth-order valence-corrected chi connectivity index (χ4v) is 10.6. The molecule has 0 radical (unpaired) electrons. The Balaban J connectivity index is 0.0000000973. The van der Waals surface area contributed by atoms with E-state index in [1.165, 1.54) is 136 Å². The van der Waals surface area contributed by atoms with Gasteiger partial charge in [0.15, 0.2) is 0 Å². The minimum Gasteiger partial charge on any atom is -0.0620 e. The standard InChI is InChI=1S/C15H14.C15H12.C14H12.2C14H10/c2*1-3-7-14-11-15-8-4-2-6-13(15)10-9-12(14)5-1;2*1-3-7-13-11(5-1)9-10-12-6-2-4-8-14(12)13;1-2-6-12-10-14-8-4-3-7-13(14)9-11(12)5-1/h1-8H,9-11H2;1-10H,11H2;1-8H,9-10H2;2*1-10H. The van der Waals surface area contributed by atoms with Crippen LogP contribution < -0.4 is 0 Å². The Bertz CT molecular complexity index is 3520. The van der Waals surface area contributed by atoms with Gasteiger partial charge in [-0.2, -0.15) is 0 Å². The van der Waals surface area contributed by atoms with E-state index in [1.807, 2.05) is 0 Å². The minimum absolute atomic E-state index is 1.04. The van der Waals surface area contributed by atoms with Crippen LogP contribution in [-0.4, -0.2) is 0 Å². The van der Waals surface area contributed by atoms with Gasteiger partial charge in [-0.15, -0.1) is 0 Å². The Morgan fingerprint density at radius 3 is 0.889 bits per heavy atom. The molecule has 12 aromatic carbocycles. The van der Waals surface area contributed by atoms with Gasteiger partial charge in [0, 0.05) is 0 Å². The predicted molar refractivity (Wildman–Crippen MR) is 310 cm³/mol. The van der Waals surface area contributed by atoms with Crippen LogP contribution in [0.1, 0.15) is 55.6 Å². The zero-order chi connectivity index (χ0) is 48.3. The molecular formula is C72H58. The van der Waals surface area contributed by atoms with Crippen LogP contribution >= 0.6 is 0 Å². The topological polar surface area (TPSA) is 0 Å². The molecule has 0 bridgehead atoms. The maximum Gasteiger partial charge on any atom is -0.00139 e. The number of rotatable bonds is 0. The Morgan fingerprint density at radius 2 is 0.472 bits per heavy atom. The molecule has 346 valence electrons. The fraction of sp³-hybridized carbons (Fsp3) is 0.0833. The SMILES string of the molecule is C1=Cc2ccccc2Cc2ccccc21.c1ccc2c(c1)CCc1ccccc1-2.c1ccc2c(c1)CCc1ccccc1C2.c1ccc2c(c1)ccc1ccccc12.c1ccc2cc3ccccc3cc2c1. The molecule has 0 spiro atoms. The van der Waals surface area contributed by atoms with Crippen LogP contribution in [0, 0.1) is 0 Å². The highest BCUT2D eigenvalue weighted by Gasteiger charge is 2.14. The second-order valence-corrected chi connectivity index (χ2v) is 19.0. The van der Waals surface area contributed by atoms with Crippen molar-refractivity contribution >= 4 is 55.2 Å². The Labute approximate surface area is 425 Å². The Hall–Kier alpha value is -8.58. The summed E-state index contributed by atoms with van der Waals surface area (Å²) in [5.41, 5.74) is 17.4. The van der Waals surface area contributed by atoms with Crippen LogP contribution in [0.5, 0.6) is 0 Å². The van der Waals surface area contributed by atoms with Gasteiger partial charge in [-0.05, 0) is 161 Å². The third kappa shape index (κ3) is 10.6. The van der Waals surface area contributed by atoms with Crippen molar-refractivity contribution in [2.24, 2.45) is 0 Å². The molecule has 0 aliphatic heterocycles. The van der Waals surface area contributed by atoms with Gasteiger partial charge >= 0.3 is 0 Å². The van der Waals surface area contributed by atoms with E-state index in [0.29, 0.717) is 0 Å². The highest BCUT2D eigenvalue weighted by Crippen LogP contribution is 2.33. The summed E-state index contributed by atoms with van der Waals surface area (Å²) in [7, 11) is 0. The van der Waals surface area contributed by atoms with Gasteiger partial charge in [0.05, 0.1) is 0 Å². The first-order valence-electron chi connectivity index (χ1n) is 25.6. The van der Waals surface area contributed by atoms with Crippen molar-refractivity contribution in [1.29, 1.82) is 0 Å². The normalized spacial score (nSPS) is 12.3. The molecule has 0 saturated carbocycles. The largest absolute Gasteiger partial charge is 0.0620 e. The van der Waals surface area contributed by atoms with Gasteiger partial charge in [0.2, 0.25) is 0 Å².